The molecule has 144 valence electrons. The number of hydrogen-bond donors (Lipinski definition) is 2. The zero-order chi connectivity index (χ0) is 19.8. The van der Waals surface area contributed by atoms with E-state index in [1.165, 1.54) is 17.0 Å². The number of benzene rings is 1. The maximum absolute atomic E-state index is 12.9. The number of halogens is 3. The molecule has 2 heterocycles. The van der Waals surface area contributed by atoms with E-state index in [2.05, 4.69) is 9.97 Å². The van der Waals surface area contributed by atoms with Crippen molar-refractivity contribution >= 4 is 11.9 Å². The summed E-state index contributed by atoms with van der Waals surface area (Å²) >= 11 is 0. The standard InChI is InChI=1S/C18H18F3N3O3/c1-10-14(16(25)24-8-3-2-7-13(24)17(26)27)23-15(22-10)11-5-4-6-12(9-11)18(19,20)21/h4-6,9,13H,2-3,7-8H2,1H3,(H,22,23)(H,26,27)/t13-/m1/s1. The molecule has 1 aliphatic rings. The highest BCUT2D eigenvalue weighted by atomic mass is 19.4. The molecule has 27 heavy (non-hydrogen) atoms. The van der Waals surface area contributed by atoms with Gasteiger partial charge in [-0.3, -0.25) is 4.79 Å². The Labute approximate surface area is 153 Å². The summed E-state index contributed by atoms with van der Waals surface area (Å²) in [5, 5.41) is 9.34. The van der Waals surface area contributed by atoms with Crippen molar-refractivity contribution in [2.24, 2.45) is 0 Å². The molecule has 3 rings (SSSR count). The molecule has 0 aliphatic carbocycles. The number of carbonyl (C=O) groups excluding carboxylic acids is 1. The number of carboxylic acids is 1. The summed E-state index contributed by atoms with van der Waals surface area (Å²) in [6.45, 7) is 1.89. The quantitative estimate of drug-likeness (QED) is 0.852. The number of rotatable bonds is 3. The van der Waals surface area contributed by atoms with Gasteiger partial charge < -0.3 is 15.0 Å². The van der Waals surface area contributed by atoms with E-state index in [4.69, 9.17) is 0 Å². The van der Waals surface area contributed by atoms with Crippen LogP contribution in [0.3, 0.4) is 0 Å². The number of aliphatic carboxylic acids is 1. The number of alkyl halides is 3. The summed E-state index contributed by atoms with van der Waals surface area (Å²) in [7, 11) is 0. The van der Waals surface area contributed by atoms with Gasteiger partial charge >= 0.3 is 12.1 Å². The molecule has 0 spiro atoms. The van der Waals surface area contributed by atoms with E-state index in [0.29, 0.717) is 25.1 Å². The fourth-order valence-corrected chi connectivity index (χ4v) is 3.22. The van der Waals surface area contributed by atoms with Crippen molar-refractivity contribution in [3.63, 3.8) is 0 Å². The van der Waals surface area contributed by atoms with E-state index in [9.17, 15) is 27.9 Å². The van der Waals surface area contributed by atoms with Crippen molar-refractivity contribution in [1.82, 2.24) is 14.9 Å². The predicted molar refractivity (Wildman–Crippen MR) is 90.1 cm³/mol. The van der Waals surface area contributed by atoms with Gasteiger partial charge in [0.1, 0.15) is 17.6 Å². The number of amides is 1. The van der Waals surface area contributed by atoms with Crippen LogP contribution in [0, 0.1) is 6.92 Å². The number of imidazole rings is 1. The Morgan fingerprint density at radius 1 is 1.30 bits per heavy atom. The first-order chi connectivity index (χ1) is 12.7. The number of likely N-dealkylation sites (tertiary alicyclic amines) is 1. The maximum atomic E-state index is 12.9. The molecule has 1 aromatic carbocycles. The molecule has 1 aromatic heterocycles. The molecule has 0 radical (unpaired) electrons. The van der Waals surface area contributed by atoms with Gasteiger partial charge in [0.05, 0.1) is 5.56 Å². The van der Waals surface area contributed by atoms with Gasteiger partial charge in [-0.25, -0.2) is 9.78 Å². The van der Waals surface area contributed by atoms with Crippen molar-refractivity contribution < 1.29 is 27.9 Å². The van der Waals surface area contributed by atoms with Crippen LogP contribution in [-0.2, 0) is 11.0 Å². The number of piperidine rings is 1. The zero-order valence-electron chi connectivity index (χ0n) is 14.5. The van der Waals surface area contributed by atoms with Crippen LogP contribution in [0.2, 0.25) is 0 Å². The summed E-state index contributed by atoms with van der Waals surface area (Å²) in [6, 6.07) is 3.72. The number of H-pyrrole nitrogens is 1. The van der Waals surface area contributed by atoms with E-state index < -0.39 is 29.7 Å². The Morgan fingerprint density at radius 3 is 2.70 bits per heavy atom. The fourth-order valence-electron chi connectivity index (χ4n) is 3.22. The van der Waals surface area contributed by atoms with Gasteiger partial charge in [0, 0.05) is 17.8 Å². The minimum atomic E-state index is -4.49. The average molecular weight is 381 g/mol. The number of aromatic nitrogens is 2. The van der Waals surface area contributed by atoms with E-state index in [-0.39, 0.29) is 17.1 Å². The molecule has 9 heteroatoms. The summed E-state index contributed by atoms with van der Waals surface area (Å²) in [5.41, 5.74) is -0.220. The number of aryl methyl sites for hydroxylation is 1. The molecule has 0 saturated carbocycles. The van der Waals surface area contributed by atoms with Crippen LogP contribution in [0.15, 0.2) is 24.3 Å². The first-order valence-electron chi connectivity index (χ1n) is 8.46. The molecule has 0 bridgehead atoms. The number of hydrogen-bond acceptors (Lipinski definition) is 3. The first-order valence-corrected chi connectivity index (χ1v) is 8.46. The number of nitrogens with zero attached hydrogens (tertiary/aromatic N) is 2. The molecule has 1 amide bonds. The van der Waals surface area contributed by atoms with Gasteiger partial charge in [-0.1, -0.05) is 12.1 Å². The second kappa shape index (κ2) is 7.05. The van der Waals surface area contributed by atoms with Gasteiger partial charge in [0.15, 0.2) is 0 Å². The summed E-state index contributed by atoms with van der Waals surface area (Å²) in [6.07, 6.45) is -2.71. The highest BCUT2D eigenvalue weighted by Crippen LogP contribution is 2.32. The largest absolute Gasteiger partial charge is 0.480 e. The van der Waals surface area contributed by atoms with Crippen LogP contribution in [0.4, 0.5) is 13.2 Å². The smallest absolute Gasteiger partial charge is 0.416 e. The third-order valence-corrected chi connectivity index (χ3v) is 4.60. The maximum Gasteiger partial charge on any atom is 0.416 e. The van der Waals surface area contributed by atoms with E-state index >= 15 is 0 Å². The lowest BCUT2D eigenvalue weighted by Gasteiger charge is -2.32. The topological polar surface area (TPSA) is 86.3 Å². The third-order valence-electron chi connectivity index (χ3n) is 4.60. The van der Waals surface area contributed by atoms with Gasteiger partial charge in [0.25, 0.3) is 5.91 Å². The minimum Gasteiger partial charge on any atom is -0.480 e. The second-order valence-electron chi connectivity index (χ2n) is 6.49. The molecular formula is C18H18F3N3O3. The van der Waals surface area contributed by atoms with E-state index in [1.807, 2.05) is 0 Å². The molecule has 1 saturated heterocycles. The van der Waals surface area contributed by atoms with Crippen molar-refractivity contribution in [2.45, 2.75) is 38.4 Å². The van der Waals surface area contributed by atoms with E-state index in [0.717, 1.165) is 18.6 Å². The molecule has 2 N–H and O–H groups in total. The monoisotopic (exact) mass is 381 g/mol. The SMILES string of the molecule is Cc1[nH]c(-c2cccc(C(F)(F)F)c2)nc1C(=O)N1CCCC[C@@H]1C(=O)O. The lowest BCUT2D eigenvalue weighted by Crippen LogP contribution is -2.48. The van der Waals surface area contributed by atoms with Crippen LogP contribution in [0.5, 0.6) is 0 Å². The van der Waals surface area contributed by atoms with Crippen molar-refractivity contribution in [1.29, 1.82) is 0 Å². The van der Waals surface area contributed by atoms with E-state index in [1.54, 1.807) is 6.92 Å². The highest BCUT2D eigenvalue weighted by molar-refractivity contribution is 5.96. The number of nitrogens with one attached hydrogen (secondary N) is 1. The molecule has 0 unspecified atom stereocenters. The van der Waals surface area contributed by atoms with Crippen LogP contribution in [-0.4, -0.2) is 44.4 Å². The van der Waals surface area contributed by atoms with Crippen LogP contribution < -0.4 is 0 Å². The Kier molecular flexibility index (Phi) is 4.95. The van der Waals surface area contributed by atoms with Crippen LogP contribution in [0.25, 0.3) is 11.4 Å². The van der Waals surface area contributed by atoms with Crippen LogP contribution >= 0.6 is 0 Å². The minimum absolute atomic E-state index is 0.0237. The average Bonchev–Trinajstić information content (AvgIpc) is 3.02. The number of carbonyl (C=O) groups is 2. The van der Waals surface area contributed by atoms with Gasteiger partial charge in [-0.15, -0.1) is 0 Å². The Hall–Kier alpha value is -2.84. The molecule has 1 atom stereocenters. The normalized spacial score (nSPS) is 17.8. The molecule has 1 aliphatic heterocycles. The number of aromatic amines is 1. The lowest BCUT2D eigenvalue weighted by molar-refractivity contribution is -0.143. The Bertz CT molecular complexity index is 876. The third kappa shape index (κ3) is 3.81. The van der Waals surface area contributed by atoms with Gasteiger partial charge in [0.2, 0.25) is 0 Å². The zero-order valence-corrected chi connectivity index (χ0v) is 14.5. The Balaban J connectivity index is 1.93. The Morgan fingerprint density at radius 2 is 2.04 bits per heavy atom. The number of carboxylic acid groups (broad SMARTS) is 1. The lowest BCUT2D eigenvalue weighted by atomic mass is 10.0. The van der Waals surface area contributed by atoms with Gasteiger partial charge in [-0.2, -0.15) is 13.2 Å². The van der Waals surface area contributed by atoms with Crippen LogP contribution in [0.1, 0.15) is 41.0 Å². The highest BCUT2D eigenvalue weighted by Gasteiger charge is 2.34. The van der Waals surface area contributed by atoms with Crippen molar-refractivity contribution in [3.8, 4) is 11.4 Å². The van der Waals surface area contributed by atoms with Gasteiger partial charge in [-0.05, 0) is 38.3 Å². The molecular weight excluding hydrogens is 363 g/mol. The summed E-state index contributed by atoms with van der Waals surface area (Å²) < 4.78 is 38.7. The molecule has 6 nitrogen and oxygen atoms in total. The summed E-state index contributed by atoms with van der Waals surface area (Å²) in [4.78, 5) is 32.5. The van der Waals surface area contributed by atoms with Crippen molar-refractivity contribution in [3.05, 3.63) is 41.2 Å². The molecule has 2 aromatic rings. The fraction of sp³-hybridized carbons (Fsp3) is 0.389. The second-order valence-corrected chi connectivity index (χ2v) is 6.49. The summed E-state index contributed by atoms with van der Waals surface area (Å²) in [5.74, 6) is -1.48. The van der Waals surface area contributed by atoms with Crippen molar-refractivity contribution in [2.75, 3.05) is 6.54 Å². The first kappa shape index (κ1) is 18.9. The molecule has 1 fully saturated rings. The predicted octanol–water partition coefficient (Wildman–Crippen LogP) is 3.48.